The van der Waals surface area contributed by atoms with Crippen LogP contribution in [0.3, 0.4) is 0 Å². The zero-order valence-corrected chi connectivity index (χ0v) is 17.0. The van der Waals surface area contributed by atoms with Crippen LogP contribution in [0.15, 0.2) is 53.4 Å². The summed E-state index contributed by atoms with van der Waals surface area (Å²) in [6.07, 6.45) is 1.75. The summed E-state index contributed by atoms with van der Waals surface area (Å²) in [5.74, 6) is -0.859. The zero-order valence-electron chi connectivity index (χ0n) is 16.1. The van der Waals surface area contributed by atoms with Crippen LogP contribution >= 0.6 is 0 Å². The van der Waals surface area contributed by atoms with E-state index in [4.69, 9.17) is 4.74 Å². The van der Waals surface area contributed by atoms with E-state index in [2.05, 4.69) is 5.32 Å². The molecule has 0 radical (unpaired) electrons. The smallest absolute Gasteiger partial charge is 0.338 e. The van der Waals surface area contributed by atoms with E-state index in [1.54, 1.807) is 24.3 Å². The molecule has 0 aliphatic carbocycles. The van der Waals surface area contributed by atoms with Crippen molar-refractivity contribution in [3.05, 3.63) is 59.7 Å². The van der Waals surface area contributed by atoms with Gasteiger partial charge in [0.15, 0.2) is 0 Å². The van der Waals surface area contributed by atoms with E-state index < -0.39 is 21.9 Å². The molecule has 0 saturated heterocycles. The monoisotopic (exact) mass is 404 g/mol. The number of carbonyl (C=O) groups is 2. The first-order chi connectivity index (χ1) is 13.3. The molecule has 2 rings (SSSR count). The molecular weight excluding hydrogens is 380 g/mol. The van der Waals surface area contributed by atoms with Crippen LogP contribution in [0.5, 0.6) is 0 Å². The Balaban J connectivity index is 2.08. The number of anilines is 1. The second-order valence-electron chi connectivity index (χ2n) is 6.34. The van der Waals surface area contributed by atoms with Gasteiger partial charge in [-0.15, -0.1) is 0 Å². The van der Waals surface area contributed by atoms with Gasteiger partial charge in [0.1, 0.15) is 0 Å². The Labute approximate surface area is 165 Å². The number of nitrogens with one attached hydrogen (secondary N) is 1. The Hall–Kier alpha value is -2.71. The van der Waals surface area contributed by atoms with Crippen molar-refractivity contribution < 1.29 is 22.7 Å². The molecule has 2 aromatic rings. The highest BCUT2D eigenvalue weighted by atomic mass is 32.2. The molecule has 0 atom stereocenters. The van der Waals surface area contributed by atoms with Crippen LogP contribution in [0.25, 0.3) is 0 Å². The minimum Gasteiger partial charge on any atom is -0.462 e. The standard InChI is InChI=1S/C20H24N2O5S/c1-4-5-13-27-20(24)15-9-11-17(12-10-15)21-19(23)16-7-6-8-18(14-16)28(25,26)22(2)3/h6-12,14H,4-5,13H2,1-3H3,(H,21,23). The molecule has 0 unspecified atom stereocenters. The summed E-state index contributed by atoms with van der Waals surface area (Å²) >= 11 is 0. The quantitative estimate of drug-likeness (QED) is 0.539. The Kier molecular flexibility index (Phi) is 7.31. The maximum Gasteiger partial charge on any atom is 0.338 e. The molecule has 0 fully saturated rings. The number of benzene rings is 2. The van der Waals surface area contributed by atoms with Crippen molar-refractivity contribution >= 4 is 27.6 Å². The van der Waals surface area contributed by atoms with Crippen LogP contribution < -0.4 is 5.32 Å². The summed E-state index contributed by atoms with van der Waals surface area (Å²) in [4.78, 5) is 24.4. The van der Waals surface area contributed by atoms with Gasteiger partial charge in [0.2, 0.25) is 10.0 Å². The number of esters is 1. The molecule has 0 aromatic heterocycles. The van der Waals surface area contributed by atoms with Crippen LogP contribution in [0.1, 0.15) is 40.5 Å². The fourth-order valence-corrected chi connectivity index (χ4v) is 3.24. The molecular formula is C20H24N2O5S. The van der Waals surface area contributed by atoms with Gasteiger partial charge in [-0.2, -0.15) is 0 Å². The van der Waals surface area contributed by atoms with E-state index in [-0.39, 0.29) is 10.5 Å². The molecule has 2 aromatic carbocycles. The van der Waals surface area contributed by atoms with Gasteiger partial charge < -0.3 is 10.1 Å². The normalized spacial score (nSPS) is 11.3. The van der Waals surface area contributed by atoms with Crippen molar-refractivity contribution in [1.82, 2.24) is 4.31 Å². The molecule has 8 heteroatoms. The number of nitrogens with zero attached hydrogens (tertiary/aromatic N) is 1. The average molecular weight is 404 g/mol. The van der Waals surface area contributed by atoms with Gasteiger partial charge in [0, 0.05) is 25.3 Å². The average Bonchev–Trinajstić information content (AvgIpc) is 2.68. The number of hydrogen-bond acceptors (Lipinski definition) is 5. The maximum absolute atomic E-state index is 12.4. The van der Waals surface area contributed by atoms with Crippen LogP contribution in [-0.4, -0.2) is 45.3 Å². The molecule has 0 heterocycles. The van der Waals surface area contributed by atoms with E-state index in [0.717, 1.165) is 17.1 Å². The summed E-state index contributed by atoms with van der Waals surface area (Å²) < 4.78 is 30.6. The largest absolute Gasteiger partial charge is 0.462 e. The SMILES string of the molecule is CCCCOC(=O)c1ccc(NC(=O)c2cccc(S(=O)(=O)N(C)C)c2)cc1. The van der Waals surface area contributed by atoms with E-state index in [9.17, 15) is 18.0 Å². The molecule has 0 saturated carbocycles. The number of hydrogen-bond donors (Lipinski definition) is 1. The van der Waals surface area contributed by atoms with Gasteiger partial charge in [-0.25, -0.2) is 17.5 Å². The van der Waals surface area contributed by atoms with Gasteiger partial charge >= 0.3 is 5.97 Å². The molecule has 0 spiro atoms. The van der Waals surface area contributed by atoms with Gasteiger partial charge in [0.05, 0.1) is 17.1 Å². The minimum absolute atomic E-state index is 0.0373. The second-order valence-corrected chi connectivity index (χ2v) is 8.49. The lowest BCUT2D eigenvalue weighted by Crippen LogP contribution is -2.22. The Morgan fingerprint density at radius 3 is 2.32 bits per heavy atom. The molecule has 1 amide bonds. The number of rotatable bonds is 8. The molecule has 1 N–H and O–H groups in total. The fourth-order valence-electron chi connectivity index (χ4n) is 2.29. The van der Waals surface area contributed by atoms with Crippen molar-refractivity contribution in [2.45, 2.75) is 24.7 Å². The van der Waals surface area contributed by atoms with Gasteiger partial charge in [-0.1, -0.05) is 19.4 Å². The number of carbonyl (C=O) groups excluding carboxylic acids is 2. The topological polar surface area (TPSA) is 92.8 Å². The predicted octanol–water partition coefficient (Wildman–Crippen LogP) is 3.15. The predicted molar refractivity (Wildman–Crippen MR) is 107 cm³/mol. The lowest BCUT2D eigenvalue weighted by molar-refractivity contribution is 0.0499. The Morgan fingerprint density at radius 1 is 1.04 bits per heavy atom. The first-order valence-corrected chi connectivity index (χ1v) is 10.3. The Bertz CT molecular complexity index is 937. The zero-order chi connectivity index (χ0) is 20.7. The highest BCUT2D eigenvalue weighted by molar-refractivity contribution is 7.89. The van der Waals surface area contributed by atoms with Crippen LogP contribution in [-0.2, 0) is 14.8 Å². The maximum atomic E-state index is 12.4. The van der Waals surface area contributed by atoms with Crippen molar-refractivity contribution in [2.24, 2.45) is 0 Å². The second kappa shape index (κ2) is 9.48. The summed E-state index contributed by atoms with van der Waals surface area (Å²) in [5, 5.41) is 2.69. The Morgan fingerprint density at radius 2 is 1.71 bits per heavy atom. The molecule has 150 valence electrons. The third-order valence-electron chi connectivity index (χ3n) is 3.98. The molecule has 0 aliphatic rings. The number of ether oxygens (including phenoxy) is 1. The van der Waals surface area contributed by atoms with Crippen molar-refractivity contribution in [1.29, 1.82) is 0 Å². The molecule has 7 nitrogen and oxygen atoms in total. The number of unbranched alkanes of at least 4 members (excludes halogenated alkanes) is 1. The van der Waals surface area contributed by atoms with E-state index in [1.165, 1.54) is 38.4 Å². The van der Waals surface area contributed by atoms with Crippen LogP contribution in [0.4, 0.5) is 5.69 Å². The fraction of sp³-hybridized carbons (Fsp3) is 0.300. The van der Waals surface area contributed by atoms with E-state index in [0.29, 0.717) is 17.9 Å². The molecule has 28 heavy (non-hydrogen) atoms. The number of amides is 1. The van der Waals surface area contributed by atoms with E-state index >= 15 is 0 Å². The van der Waals surface area contributed by atoms with E-state index in [1.807, 2.05) is 6.92 Å². The highest BCUT2D eigenvalue weighted by Gasteiger charge is 2.19. The van der Waals surface area contributed by atoms with Crippen LogP contribution in [0.2, 0.25) is 0 Å². The number of sulfonamides is 1. The first kappa shape index (κ1) is 21.6. The summed E-state index contributed by atoms with van der Waals surface area (Å²) in [7, 11) is -0.774. The molecule has 0 aliphatic heterocycles. The first-order valence-electron chi connectivity index (χ1n) is 8.87. The van der Waals surface area contributed by atoms with Gasteiger partial charge in [-0.3, -0.25) is 4.79 Å². The summed E-state index contributed by atoms with van der Waals surface area (Å²) in [6, 6.07) is 12.1. The lowest BCUT2D eigenvalue weighted by Gasteiger charge is -2.12. The summed E-state index contributed by atoms with van der Waals surface area (Å²) in [5.41, 5.74) is 1.09. The minimum atomic E-state index is -3.63. The molecule has 0 bridgehead atoms. The third kappa shape index (κ3) is 5.40. The van der Waals surface area contributed by atoms with Crippen molar-refractivity contribution in [2.75, 3.05) is 26.0 Å². The lowest BCUT2D eigenvalue weighted by atomic mass is 10.2. The van der Waals surface area contributed by atoms with Crippen LogP contribution in [0, 0.1) is 0 Å². The highest BCUT2D eigenvalue weighted by Crippen LogP contribution is 2.17. The summed E-state index contributed by atoms with van der Waals surface area (Å²) in [6.45, 7) is 2.39. The van der Waals surface area contributed by atoms with Gasteiger partial charge in [-0.05, 0) is 48.9 Å². The third-order valence-corrected chi connectivity index (χ3v) is 5.80. The van der Waals surface area contributed by atoms with Crippen molar-refractivity contribution in [3.8, 4) is 0 Å². The van der Waals surface area contributed by atoms with Crippen molar-refractivity contribution in [3.63, 3.8) is 0 Å². The van der Waals surface area contributed by atoms with Gasteiger partial charge in [0.25, 0.3) is 5.91 Å².